The fraction of sp³-hybridized carbons (Fsp3) is 0.143. The van der Waals surface area contributed by atoms with Crippen LogP contribution in [-0.4, -0.2) is 21.1 Å². The minimum absolute atomic E-state index is 0.195. The quantitative estimate of drug-likeness (QED) is 0.402. The molecule has 0 atom stereocenters. The molecule has 0 saturated heterocycles. The molecule has 0 aliphatic rings. The predicted molar refractivity (Wildman–Crippen MR) is 119 cm³/mol. The molecule has 5 nitrogen and oxygen atoms in total. The largest absolute Gasteiger partial charge is 0.346 e. The van der Waals surface area contributed by atoms with E-state index in [1.807, 2.05) is 49.4 Å². The first kappa shape index (κ1) is 19.8. The number of aryl methyl sites for hydroxylation is 1. The standard InChI is InChI=1S/C21H18N4OS3/c1-14-7-9-15(10-8-14)11-22-19(26)20-25-24-18(29-20)13-28-21-23-17(12-27-21)16-5-3-2-4-6-16/h2-10,12H,11,13H2,1H3,(H,22,26). The minimum atomic E-state index is -0.195. The summed E-state index contributed by atoms with van der Waals surface area (Å²) >= 11 is 4.54. The Morgan fingerprint density at radius 3 is 2.66 bits per heavy atom. The Balaban J connectivity index is 1.30. The van der Waals surface area contributed by atoms with Crippen molar-refractivity contribution in [1.29, 1.82) is 0 Å². The second-order valence-corrected chi connectivity index (χ2v) is 9.47. The lowest BCUT2D eigenvalue weighted by Crippen LogP contribution is -2.22. The van der Waals surface area contributed by atoms with Crippen LogP contribution in [0.5, 0.6) is 0 Å². The molecular weight excluding hydrogens is 420 g/mol. The number of nitrogens with one attached hydrogen (secondary N) is 1. The highest BCUT2D eigenvalue weighted by atomic mass is 32.2. The van der Waals surface area contributed by atoms with Gasteiger partial charge in [0.2, 0.25) is 5.01 Å². The Morgan fingerprint density at radius 1 is 1.07 bits per heavy atom. The molecule has 2 aromatic heterocycles. The highest BCUT2D eigenvalue weighted by Gasteiger charge is 2.13. The Bertz CT molecular complexity index is 1090. The zero-order valence-electron chi connectivity index (χ0n) is 15.7. The van der Waals surface area contributed by atoms with Gasteiger partial charge in [0.1, 0.15) is 5.01 Å². The molecule has 0 saturated carbocycles. The van der Waals surface area contributed by atoms with E-state index < -0.39 is 0 Å². The van der Waals surface area contributed by atoms with Crippen molar-refractivity contribution >= 4 is 40.3 Å². The molecule has 0 aliphatic carbocycles. The molecule has 2 heterocycles. The molecule has 8 heteroatoms. The van der Waals surface area contributed by atoms with Crippen molar-refractivity contribution in [1.82, 2.24) is 20.5 Å². The molecule has 0 bridgehead atoms. The number of carbonyl (C=O) groups is 1. The van der Waals surface area contributed by atoms with Crippen LogP contribution in [0.1, 0.15) is 25.9 Å². The van der Waals surface area contributed by atoms with E-state index in [1.165, 1.54) is 16.9 Å². The van der Waals surface area contributed by atoms with Gasteiger partial charge in [0.25, 0.3) is 5.91 Å². The third kappa shape index (κ3) is 5.29. The second-order valence-electron chi connectivity index (χ2n) is 6.32. The highest BCUT2D eigenvalue weighted by molar-refractivity contribution is 8.00. The fourth-order valence-electron chi connectivity index (χ4n) is 2.56. The molecule has 0 spiro atoms. The van der Waals surface area contributed by atoms with E-state index in [0.717, 1.165) is 26.2 Å². The van der Waals surface area contributed by atoms with Crippen LogP contribution < -0.4 is 5.32 Å². The van der Waals surface area contributed by atoms with E-state index >= 15 is 0 Å². The predicted octanol–water partition coefficient (Wildman–Crippen LogP) is 5.19. The van der Waals surface area contributed by atoms with E-state index in [-0.39, 0.29) is 5.91 Å². The molecule has 146 valence electrons. The van der Waals surface area contributed by atoms with Crippen LogP contribution in [0, 0.1) is 6.92 Å². The summed E-state index contributed by atoms with van der Waals surface area (Å²) in [6.07, 6.45) is 0. The Labute approximate surface area is 181 Å². The van der Waals surface area contributed by atoms with Gasteiger partial charge in [0.05, 0.1) is 11.4 Å². The maximum absolute atomic E-state index is 12.3. The molecule has 4 aromatic rings. The van der Waals surface area contributed by atoms with E-state index in [2.05, 4.69) is 38.0 Å². The van der Waals surface area contributed by atoms with Crippen LogP contribution in [0.15, 0.2) is 64.3 Å². The van der Waals surface area contributed by atoms with Crippen molar-refractivity contribution in [2.24, 2.45) is 0 Å². The van der Waals surface area contributed by atoms with Crippen LogP contribution in [0.25, 0.3) is 11.3 Å². The van der Waals surface area contributed by atoms with Gasteiger partial charge in [-0.3, -0.25) is 4.79 Å². The number of thioether (sulfide) groups is 1. The average Bonchev–Trinajstić information content (AvgIpc) is 3.42. The van der Waals surface area contributed by atoms with Crippen LogP contribution >= 0.6 is 34.4 Å². The third-order valence-corrected chi connectivity index (χ3v) is 7.24. The second kappa shape index (κ2) is 9.30. The Hall–Kier alpha value is -2.55. The average molecular weight is 439 g/mol. The van der Waals surface area contributed by atoms with Gasteiger partial charge in [-0.2, -0.15) is 0 Å². The van der Waals surface area contributed by atoms with Gasteiger partial charge in [-0.05, 0) is 12.5 Å². The number of aromatic nitrogens is 3. The first-order chi connectivity index (χ1) is 14.2. The lowest BCUT2D eigenvalue weighted by atomic mass is 10.1. The third-order valence-electron chi connectivity index (χ3n) is 4.11. The molecule has 1 amide bonds. The summed E-state index contributed by atoms with van der Waals surface area (Å²) < 4.78 is 0.976. The normalized spacial score (nSPS) is 10.8. The number of thiazole rings is 1. The van der Waals surface area contributed by atoms with Gasteiger partial charge < -0.3 is 5.32 Å². The smallest absolute Gasteiger partial charge is 0.282 e. The van der Waals surface area contributed by atoms with Crippen molar-refractivity contribution in [3.8, 4) is 11.3 Å². The Morgan fingerprint density at radius 2 is 1.86 bits per heavy atom. The van der Waals surface area contributed by atoms with Crippen molar-refractivity contribution in [2.45, 2.75) is 23.6 Å². The SMILES string of the molecule is Cc1ccc(CNC(=O)c2nnc(CSc3nc(-c4ccccc4)cs3)s2)cc1. The van der Waals surface area contributed by atoms with E-state index in [4.69, 9.17) is 0 Å². The van der Waals surface area contributed by atoms with Gasteiger partial charge >= 0.3 is 0 Å². The molecule has 4 rings (SSSR count). The minimum Gasteiger partial charge on any atom is -0.346 e. The van der Waals surface area contributed by atoms with Crippen molar-refractivity contribution in [3.63, 3.8) is 0 Å². The van der Waals surface area contributed by atoms with Crippen molar-refractivity contribution in [3.05, 3.63) is 81.1 Å². The summed E-state index contributed by atoms with van der Waals surface area (Å²) in [6, 6.07) is 18.2. The van der Waals surface area contributed by atoms with Crippen molar-refractivity contribution in [2.75, 3.05) is 0 Å². The number of benzene rings is 2. The van der Waals surface area contributed by atoms with Gasteiger partial charge in [-0.1, -0.05) is 83.3 Å². The summed E-state index contributed by atoms with van der Waals surface area (Å²) in [6.45, 7) is 2.52. The number of carbonyl (C=O) groups excluding carboxylic acids is 1. The summed E-state index contributed by atoms with van der Waals surface area (Å²) in [7, 11) is 0. The zero-order chi connectivity index (χ0) is 20.1. The van der Waals surface area contributed by atoms with Crippen LogP contribution in [0.3, 0.4) is 0 Å². The molecule has 0 radical (unpaired) electrons. The van der Waals surface area contributed by atoms with Crippen molar-refractivity contribution < 1.29 is 4.79 Å². The first-order valence-electron chi connectivity index (χ1n) is 8.97. The first-order valence-corrected chi connectivity index (χ1v) is 11.7. The molecule has 1 N–H and O–H groups in total. The maximum atomic E-state index is 12.3. The van der Waals surface area contributed by atoms with Crippen LogP contribution in [0.4, 0.5) is 0 Å². The summed E-state index contributed by atoms with van der Waals surface area (Å²) in [5.41, 5.74) is 4.34. The molecular formula is C21H18N4OS3. The van der Waals surface area contributed by atoms with Gasteiger partial charge in [-0.15, -0.1) is 21.5 Å². The maximum Gasteiger partial charge on any atom is 0.282 e. The number of amides is 1. The van der Waals surface area contributed by atoms with E-state index in [1.54, 1.807) is 23.1 Å². The molecule has 0 unspecified atom stereocenters. The number of nitrogens with zero attached hydrogens (tertiary/aromatic N) is 3. The summed E-state index contributed by atoms with van der Waals surface area (Å²) in [5, 5.41) is 14.3. The van der Waals surface area contributed by atoms with E-state index in [0.29, 0.717) is 17.3 Å². The molecule has 29 heavy (non-hydrogen) atoms. The highest BCUT2D eigenvalue weighted by Crippen LogP contribution is 2.30. The van der Waals surface area contributed by atoms with E-state index in [9.17, 15) is 4.79 Å². The van der Waals surface area contributed by atoms with Gasteiger partial charge in [0.15, 0.2) is 4.34 Å². The number of hydrogen-bond donors (Lipinski definition) is 1. The Kier molecular flexibility index (Phi) is 6.33. The van der Waals surface area contributed by atoms with Crippen LogP contribution in [-0.2, 0) is 12.3 Å². The number of rotatable bonds is 7. The summed E-state index contributed by atoms with van der Waals surface area (Å²) in [5.74, 6) is 0.449. The lowest BCUT2D eigenvalue weighted by Gasteiger charge is -2.03. The van der Waals surface area contributed by atoms with Crippen LogP contribution in [0.2, 0.25) is 0 Å². The topological polar surface area (TPSA) is 67.8 Å². The summed E-state index contributed by atoms with van der Waals surface area (Å²) in [4.78, 5) is 17.0. The molecule has 0 fully saturated rings. The number of hydrogen-bond acceptors (Lipinski definition) is 7. The molecule has 2 aromatic carbocycles. The monoisotopic (exact) mass is 438 g/mol. The fourth-order valence-corrected chi connectivity index (χ4v) is 5.13. The molecule has 0 aliphatic heterocycles. The van der Waals surface area contributed by atoms with Gasteiger partial charge in [-0.25, -0.2) is 4.98 Å². The lowest BCUT2D eigenvalue weighted by molar-refractivity contribution is 0.0950. The zero-order valence-corrected chi connectivity index (χ0v) is 18.1. The van der Waals surface area contributed by atoms with Gasteiger partial charge in [0, 0.05) is 17.5 Å².